The molecule has 0 atom stereocenters. The number of hydrogen-bond donors (Lipinski definition) is 2. The number of methoxy groups -OCH3 is 2. The van der Waals surface area contributed by atoms with Crippen molar-refractivity contribution in [1.29, 1.82) is 0 Å². The number of aryl methyl sites for hydroxylation is 1. The highest BCUT2D eigenvalue weighted by atomic mass is 127. The summed E-state index contributed by atoms with van der Waals surface area (Å²) in [5, 5.41) is 7.15. The zero-order chi connectivity index (χ0) is 15.9. The predicted octanol–water partition coefficient (Wildman–Crippen LogP) is 1.66. The van der Waals surface area contributed by atoms with Gasteiger partial charge in [0.15, 0.2) is 17.5 Å². The van der Waals surface area contributed by atoms with E-state index in [9.17, 15) is 0 Å². The Morgan fingerprint density at radius 1 is 1.26 bits per heavy atom. The summed E-state index contributed by atoms with van der Waals surface area (Å²) in [6.07, 6.45) is 3.68. The Bertz CT molecular complexity index is 657. The van der Waals surface area contributed by atoms with Crippen LogP contribution in [-0.2, 0) is 20.1 Å². The van der Waals surface area contributed by atoms with Crippen LogP contribution in [0.2, 0.25) is 0 Å². The standard InChI is InChI=1S/C15H21N5O2.HI/c1-20-10-12(9-19-20)8-18-15(16)17-7-11-4-5-13(21-2)14(6-11)22-3;/h4-6,9-10H,7-8H2,1-3H3,(H3,16,17,18);1H. The van der Waals surface area contributed by atoms with Gasteiger partial charge in [-0.2, -0.15) is 5.10 Å². The van der Waals surface area contributed by atoms with Crippen molar-refractivity contribution in [3.05, 3.63) is 41.7 Å². The van der Waals surface area contributed by atoms with Gasteiger partial charge in [-0.15, -0.1) is 24.0 Å². The molecule has 1 aromatic carbocycles. The van der Waals surface area contributed by atoms with Crippen molar-refractivity contribution in [2.75, 3.05) is 14.2 Å². The van der Waals surface area contributed by atoms with Crippen LogP contribution in [0.5, 0.6) is 11.5 Å². The molecular formula is C15H22IN5O2. The fourth-order valence-corrected chi connectivity index (χ4v) is 1.97. The van der Waals surface area contributed by atoms with E-state index in [-0.39, 0.29) is 24.0 Å². The van der Waals surface area contributed by atoms with Gasteiger partial charge in [0.1, 0.15) is 0 Å². The van der Waals surface area contributed by atoms with Crippen LogP contribution in [0.25, 0.3) is 0 Å². The summed E-state index contributed by atoms with van der Waals surface area (Å²) in [5.41, 5.74) is 7.90. The molecule has 8 heteroatoms. The van der Waals surface area contributed by atoms with Gasteiger partial charge in [-0.3, -0.25) is 4.68 Å². The van der Waals surface area contributed by atoms with Gasteiger partial charge in [-0.05, 0) is 17.7 Å². The summed E-state index contributed by atoms with van der Waals surface area (Å²) in [7, 11) is 5.09. The summed E-state index contributed by atoms with van der Waals surface area (Å²) in [4.78, 5) is 4.27. The third kappa shape index (κ3) is 5.62. The molecule has 7 nitrogen and oxygen atoms in total. The molecule has 0 bridgehead atoms. The Morgan fingerprint density at radius 2 is 2.00 bits per heavy atom. The second-order valence-corrected chi connectivity index (χ2v) is 4.77. The first-order chi connectivity index (χ1) is 10.6. The van der Waals surface area contributed by atoms with Crippen molar-refractivity contribution in [2.45, 2.75) is 13.1 Å². The monoisotopic (exact) mass is 431 g/mol. The second-order valence-electron chi connectivity index (χ2n) is 4.77. The Morgan fingerprint density at radius 3 is 2.61 bits per heavy atom. The van der Waals surface area contributed by atoms with E-state index in [0.29, 0.717) is 30.5 Å². The summed E-state index contributed by atoms with van der Waals surface area (Å²) in [6.45, 7) is 1.06. The van der Waals surface area contributed by atoms with Crippen LogP contribution in [0.1, 0.15) is 11.1 Å². The van der Waals surface area contributed by atoms with Crippen molar-refractivity contribution in [3.8, 4) is 11.5 Å². The van der Waals surface area contributed by atoms with Gasteiger partial charge in [-0.1, -0.05) is 6.07 Å². The third-order valence-corrected chi connectivity index (χ3v) is 3.11. The van der Waals surface area contributed by atoms with Crippen molar-refractivity contribution < 1.29 is 9.47 Å². The molecule has 0 unspecified atom stereocenters. The maximum absolute atomic E-state index is 5.86. The van der Waals surface area contributed by atoms with Crippen molar-refractivity contribution in [2.24, 2.45) is 17.8 Å². The third-order valence-electron chi connectivity index (χ3n) is 3.11. The highest BCUT2D eigenvalue weighted by molar-refractivity contribution is 14.0. The Labute approximate surface area is 152 Å². The number of rotatable bonds is 6. The lowest BCUT2D eigenvalue weighted by Gasteiger charge is -2.10. The molecule has 1 aromatic heterocycles. The fraction of sp³-hybridized carbons (Fsp3) is 0.333. The van der Waals surface area contributed by atoms with E-state index < -0.39 is 0 Å². The predicted molar refractivity (Wildman–Crippen MR) is 100 cm³/mol. The molecule has 0 saturated heterocycles. The topological polar surface area (TPSA) is 86.7 Å². The lowest BCUT2D eigenvalue weighted by atomic mass is 10.2. The fourth-order valence-electron chi connectivity index (χ4n) is 1.97. The number of aliphatic imine (C=N–C) groups is 1. The highest BCUT2D eigenvalue weighted by Gasteiger charge is 2.04. The number of halogens is 1. The van der Waals surface area contributed by atoms with Crippen LogP contribution < -0.4 is 20.5 Å². The van der Waals surface area contributed by atoms with E-state index in [2.05, 4.69) is 15.4 Å². The Balaban J connectivity index is 0.00000264. The molecule has 0 amide bonds. The van der Waals surface area contributed by atoms with Gasteiger partial charge in [0.25, 0.3) is 0 Å². The summed E-state index contributed by atoms with van der Waals surface area (Å²) < 4.78 is 12.2. The molecule has 2 rings (SSSR count). The Kier molecular flexibility index (Phi) is 7.66. The molecule has 0 saturated carbocycles. The smallest absolute Gasteiger partial charge is 0.189 e. The van der Waals surface area contributed by atoms with Crippen LogP contribution in [0.3, 0.4) is 0 Å². The van der Waals surface area contributed by atoms with Crippen molar-refractivity contribution in [1.82, 2.24) is 15.1 Å². The number of nitrogens with one attached hydrogen (secondary N) is 1. The highest BCUT2D eigenvalue weighted by Crippen LogP contribution is 2.27. The number of guanidine groups is 1. The van der Waals surface area contributed by atoms with E-state index in [1.807, 2.05) is 31.4 Å². The molecule has 0 aliphatic rings. The SMILES string of the molecule is COc1ccc(CNC(N)=NCc2cnn(C)c2)cc1OC.I. The van der Waals surface area contributed by atoms with E-state index in [0.717, 1.165) is 11.1 Å². The molecule has 1 heterocycles. The first-order valence-electron chi connectivity index (χ1n) is 6.84. The average Bonchev–Trinajstić information content (AvgIpc) is 2.96. The molecule has 0 aliphatic heterocycles. The van der Waals surface area contributed by atoms with Gasteiger partial charge in [0, 0.05) is 25.4 Å². The first kappa shape index (κ1) is 19.1. The van der Waals surface area contributed by atoms with Gasteiger partial charge in [0.05, 0.1) is 27.0 Å². The van der Waals surface area contributed by atoms with Crippen LogP contribution in [0.4, 0.5) is 0 Å². The van der Waals surface area contributed by atoms with Crippen LogP contribution in [-0.4, -0.2) is 30.0 Å². The van der Waals surface area contributed by atoms with Crippen LogP contribution in [0, 0.1) is 0 Å². The van der Waals surface area contributed by atoms with E-state index >= 15 is 0 Å². The first-order valence-corrected chi connectivity index (χ1v) is 6.84. The van der Waals surface area contributed by atoms with Crippen molar-refractivity contribution >= 4 is 29.9 Å². The molecule has 0 radical (unpaired) electrons. The quantitative estimate of drug-likeness (QED) is 0.413. The zero-order valence-electron chi connectivity index (χ0n) is 13.4. The van der Waals surface area contributed by atoms with Gasteiger partial charge >= 0.3 is 0 Å². The number of aromatic nitrogens is 2. The van der Waals surface area contributed by atoms with E-state index in [1.54, 1.807) is 25.1 Å². The molecule has 2 aromatic rings. The Hall–Kier alpha value is -1.97. The largest absolute Gasteiger partial charge is 0.493 e. The number of nitrogens with two attached hydrogens (primary N) is 1. The minimum Gasteiger partial charge on any atom is -0.493 e. The number of hydrogen-bond acceptors (Lipinski definition) is 4. The van der Waals surface area contributed by atoms with Gasteiger partial charge in [0.2, 0.25) is 0 Å². The number of ether oxygens (including phenoxy) is 2. The van der Waals surface area contributed by atoms with Crippen LogP contribution >= 0.6 is 24.0 Å². The lowest BCUT2D eigenvalue weighted by Crippen LogP contribution is -2.31. The normalized spacial score (nSPS) is 10.8. The average molecular weight is 431 g/mol. The van der Waals surface area contributed by atoms with E-state index in [4.69, 9.17) is 15.2 Å². The maximum atomic E-state index is 5.86. The molecule has 0 aliphatic carbocycles. The zero-order valence-corrected chi connectivity index (χ0v) is 15.8. The summed E-state index contributed by atoms with van der Waals surface area (Å²) >= 11 is 0. The minimum atomic E-state index is 0. The molecule has 3 N–H and O–H groups in total. The van der Waals surface area contributed by atoms with Crippen molar-refractivity contribution in [3.63, 3.8) is 0 Å². The number of nitrogens with zero attached hydrogens (tertiary/aromatic N) is 3. The van der Waals surface area contributed by atoms with Gasteiger partial charge < -0.3 is 20.5 Å². The van der Waals surface area contributed by atoms with E-state index in [1.165, 1.54) is 0 Å². The molecule has 0 fully saturated rings. The molecular weight excluding hydrogens is 409 g/mol. The lowest BCUT2D eigenvalue weighted by molar-refractivity contribution is 0.354. The molecule has 126 valence electrons. The number of benzene rings is 1. The van der Waals surface area contributed by atoms with Crippen LogP contribution in [0.15, 0.2) is 35.6 Å². The van der Waals surface area contributed by atoms with Gasteiger partial charge in [-0.25, -0.2) is 4.99 Å². The second kappa shape index (κ2) is 9.23. The minimum absolute atomic E-state index is 0. The maximum Gasteiger partial charge on any atom is 0.189 e. The summed E-state index contributed by atoms with van der Waals surface area (Å²) in [6, 6.07) is 5.71. The molecule has 23 heavy (non-hydrogen) atoms. The summed E-state index contributed by atoms with van der Waals surface area (Å²) in [5.74, 6) is 1.77. The molecule has 0 spiro atoms.